The topological polar surface area (TPSA) is 70.7 Å². The van der Waals surface area contributed by atoms with Crippen LogP contribution in [0.15, 0.2) is 54.6 Å². The van der Waals surface area contributed by atoms with Gasteiger partial charge >= 0.3 is 0 Å². The van der Waals surface area contributed by atoms with Gasteiger partial charge in [-0.3, -0.25) is 14.5 Å². The zero-order valence-corrected chi connectivity index (χ0v) is 17.1. The normalized spacial score (nSPS) is 15.6. The Balaban J connectivity index is 1.41. The Morgan fingerprint density at radius 3 is 2.62 bits per heavy atom. The molecule has 0 aromatic heterocycles. The second kappa shape index (κ2) is 10.1. The number of carbonyl (C=O) groups excluding carboxylic acids is 2. The predicted molar refractivity (Wildman–Crippen MR) is 114 cm³/mol. The first kappa shape index (κ1) is 20.9. The highest BCUT2D eigenvalue weighted by Crippen LogP contribution is 2.29. The molecule has 2 amide bonds. The van der Waals surface area contributed by atoms with Crippen molar-refractivity contribution in [3.63, 3.8) is 0 Å². The minimum atomic E-state index is -0.796. The van der Waals surface area contributed by atoms with Gasteiger partial charge in [0.1, 0.15) is 5.75 Å². The molecule has 3 rings (SSSR count). The van der Waals surface area contributed by atoms with Gasteiger partial charge in [-0.15, -0.1) is 0 Å². The molecule has 2 aromatic carbocycles. The Hall–Kier alpha value is -2.86. The van der Waals surface area contributed by atoms with E-state index < -0.39 is 6.10 Å². The Morgan fingerprint density at radius 1 is 1.14 bits per heavy atom. The summed E-state index contributed by atoms with van der Waals surface area (Å²) < 4.78 is 5.68. The third-order valence-corrected chi connectivity index (χ3v) is 4.98. The molecule has 0 spiro atoms. The molecule has 6 nitrogen and oxygen atoms in total. The third-order valence-electron chi connectivity index (χ3n) is 4.98. The highest BCUT2D eigenvalue weighted by atomic mass is 16.5. The summed E-state index contributed by atoms with van der Waals surface area (Å²) in [6.45, 7) is 6.71. The monoisotopic (exact) mass is 395 g/mol. The van der Waals surface area contributed by atoms with Crippen molar-refractivity contribution < 1.29 is 14.3 Å². The second-order valence-corrected chi connectivity index (χ2v) is 7.55. The fourth-order valence-corrected chi connectivity index (χ4v) is 3.32. The second-order valence-electron chi connectivity index (χ2n) is 7.55. The van der Waals surface area contributed by atoms with Gasteiger partial charge in [-0.2, -0.15) is 0 Å². The average molecular weight is 396 g/mol. The van der Waals surface area contributed by atoms with E-state index >= 15 is 0 Å². The number of hydrogen-bond donors (Lipinski definition) is 2. The SMILES string of the molecule is CC(C)N(CCCNC(=O)C[C@H]1Oc2ccccc2NC1=O)Cc1ccccc1. The Morgan fingerprint density at radius 2 is 1.86 bits per heavy atom. The summed E-state index contributed by atoms with van der Waals surface area (Å²) in [5.41, 5.74) is 1.92. The predicted octanol–water partition coefficient (Wildman–Crippen LogP) is 3.19. The molecule has 6 heteroatoms. The number of anilines is 1. The first-order valence-electron chi connectivity index (χ1n) is 10.1. The number of carbonyl (C=O) groups is 2. The van der Waals surface area contributed by atoms with Gasteiger partial charge in [0.15, 0.2) is 6.10 Å². The van der Waals surface area contributed by atoms with E-state index in [1.165, 1.54) is 5.56 Å². The molecule has 0 fully saturated rings. The number of nitrogens with zero attached hydrogens (tertiary/aromatic N) is 1. The summed E-state index contributed by atoms with van der Waals surface area (Å²) in [6.07, 6.45) is 0.0604. The highest BCUT2D eigenvalue weighted by molar-refractivity contribution is 5.99. The molecule has 1 aliphatic rings. The molecule has 0 unspecified atom stereocenters. The lowest BCUT2D eigenvalue weighted by atomic mass is 10.1. The summed E-state index contributed by atoms with van der Waals surface area (Å²) in [5, 5.41) is 5.69. The molecule has 2 N–H and O–H groups in total. The molecule has 29 heavy (non-hydrogen) atoms. The molecule has 1 heterocycles. The van der Waals surface area contributed by atoms with Crippen molar-refractivity contribution in [2.75, 3.05) is 18.4 Å². The van der Waals surface area contributed by atoms with Crippen LogP contribution in [0, 0.1) is 0 Å². The minimum Gasteiger partial charge on any atom is -0.478 e. The average Bonchev–Trinajstić information content (AvgIpc) is 2.71. The summed E-state index contributed by atoms with van der Waals surface area (Å²) >= 11 is 0. The molecule has 1 atom stereocenters. The first-order chi connectivity index (χ1) is 14.0. The molecule has 154 valence electrons. The zero-order chi connectivity index (χ0) is 20.6. The van der Waals surface area contributed by atoms with Crippen LogP contribution in [0.3, 0.4) is 0 Å². The molecule has 2 aromatic rings. The maximum absolute atomic E-state index is 12.3. The quantitative estimate of drug-likeness (QED) is 0.640. The van der Waals surface area contributed by atoms with E-state index in [0.717, 1.165) is 19.5 Å². The smallest absolute Gasteiger partial charge is 0.266 e. The Labute approximate surface area is 172 Å². The van der Waals surface area contributed by atoms with Gasteiger partial charge in [-0.05, 0) is 38.0 Å². The van der Waals surface area contributed by atoms with Gasteiger partial charge in [0.05, 0.1) is 12.1 Å². The maximum atomic E-state index is 12.3. The van der Waals surface area contributed by atoms with Crippen molar-refractivity contribution in [2.45, 2.75) is 45.4 Å². The van der Waals surface area contributed by atoms with E-state index in [4.69, 9.17) is 4.74 Å². The van der Waals surface area contributed by atoms with Gasteiger partial charge in [-0.25, -0.2) is 0 Å². The Kier molecular flexibility index (Phi) is 7.25. The van der Waals surface area contributed by atoms with E-state index in [9.17, 15) is 9.59 Å². The number of rotatable bonds is 9. The molecule has 0 radical (unpaired) electrons. The van der Waals surface area contributed by atoms with E-state index in [2.05, 4.69) is 53.6 Å². The number of amides is 2. The van der Waals surface area contributed by atoms with Gasteiger partial charge in [0.2, 0.25) is 5.91 Å². The van der Waals surface area contributed by atoms with Crippen LogP contribution < -0.4 is 15.4 Å². The number of nitrogens with one attached hydrogen (secondary N) is 2. The lowest BCUT2D eigenvalue weighted by molar-refractivity contribution is -0.130. The standard InChI is InChI=1S/C23H29N3O3/c1-17(2)26(16-18-9-4-3-5-10-18)14-8-13-24-22(27)15-21-23(28)25-19-11-6-7-12-20(19)29-21/h3-7,9-12,17,21H,8,13-16H2,1-2H3,(H,24,27)(H,25,28)/t21-/m1/s1. The number of hydrogen-bond acceptors (Lipinski definition) is 4. The third kappa shape index (κ3) is 6.06. The molecule has 1 aliphatic heterocycles. The van der Waals surface area contributed by atoms with Crippen LogP contribution in [0.25, 0.3) is 0 Å². The van der Waals surface area contributed by atoms with Crippen molar-refractivity contribution in [3.8, 4) is 5.75 Å². The lowest BCUT2D eigenvalue weighted by Gasteiger charge is -2.27. The van der Waals surface area contributed by atoms with Crippen LogP contribution in [0.4, 0.5) is 5.69 Å². The summed E-state index contributed by atoms with van der Waals surface area (Å²) in [4.78, 5) is 26.8. The zero-order valence-electron chi connectivity index (χ0n) is 17.1. The summed E-state index contributed by atoms with van der Waals surface area (Å²) in [6, 6.07) is 18.0. The fourth-order valence-electron chi connectivity index (χ4n) is 3.32. The van der Waals surface area contributed by atoms with Crippen LogP contribution in [0.1, 0.15) is 32.3 Å². The Bertz CT molecular complexity index is 823. The van der Waals surface area contributed by atoms with Crippen LogP contribution in [0.5, 0.6) is 5.75 Å². The number of benzene rings is 2. The van der Waals surface area contributed by atoms with Crippen molar-refractivity contribution in [1.29, 1.82) is 0 Å². The molecular formula is C23H29N3O3. The first-order valence-corrected chi connectivity index (χ1v) is 10.1. The highest BCUT2D eigenvalue weighted by Gasteiger charge is 2.29. The van der Waals surface area contributed by atoms with Crippen LogP contribution in [-0.2, 0) is 16.1 Å². The molecule has 0 bridgehead atoms. The molecule has 0 saturated heterocycles. The lowest BCUT2D eigenvalue weighted by Crippen LogP contribution is -2.41. The van der Waals surface area contributed by atoms with Crippen molar-refractivity contribution in [1.82, 2.24) is 10.2 Å². The molecule has 0 aliphatic carbocycles. The van der Waals surface area contributed by atoms with Gasteiger partial charge < -0.3 is 15.4 Å². The molecule has 0 saturated carbocycles. The van der Waals surface area contributed by atoms with Crippen molar-refractivity contribution >= 4 is 17.5 Å². The van der Waals surface area contributed by atoms with Crippen LogP contribution in [-0.4, -0.2) is 41.9 Å². The minimum absolute atomic E-state index is 0.0120. The summed E-state index contributed by atoms with van der Waals surface area (Å²) in [5.74, 6) is 0.134. The van der Waals surface area contributed by atoms with Gasteiger partial charge in [-0.1, -0.05) is 42.5 Å². The molecular weight excluding hydrogens is 366 g/mol. The van der Waals surface area contributed by atoms with Gasteiger partial charge in [0.25, 0.3) is 5.91 Å². The van der Waals surface area contributed by atoms with E-state index in [1.54, 1.807) is 12.1 Å². The van der Waals surface area contributed by atoms with E-state index in [1.807, 2.05) is 18.2 Å². The maximum Gasteiger partial charge on any atom is 0.266 e. The van der Waals surface area contributed by atoms with Crippen molar-refractivity contribution in [2.24, 2.45) is 0 Å². The number of fused-ring (bicyclic) bond motifs is 1. The van der Waals surface area contributed by atoms with Crippen LogP contribution in [0.2, 0.25) is 0 Å². The van der Waals surface area contributed by atoms with E-state index in [0.29, 0.717) is 24.0 Å². The fraction of sp³-hybridized carbons (Fsp3) is 0.391. The van der Waals surface area contributed by atoms with Gasteiger partial charge in [0, 0.05) is 25.7 Å². The van der Waals surface area contributed by atoms with Crippen LogP contribution >= 0.6 is 0 Å². The largest absolute Gasteiger partial charge is 0.478 e. The van der Waals surface area contributed by atoms with E-state index in [-0.39, 0.29) is 18.2 Å². The van der Waals surface area contributed by atoms with Crippen molar-refractivity contribution in [3.05, 3.63) is 60.2 Å². The summed E-state index contributed by atoms with van der Waals surface area (Å²) in [7, 11) is 0. The number of ether oxygens (including phenoxy) is 1. The number of para-hydroxylation sites is 2.